The summed E-state index contributed by atoms with van der Waals surface area (Å²) < 4.78 is 0. The summed E-state index contributed by atoms with van der Waals surface area (Å²) in [5, 5.41) is 27.0. The second-order valence-corrected chi connectivity index (χ2v) is 7.04. The summed E-state index contributed by atoms with van der Waals surface area (Å²) in [6, 6.07) is 16.5. The van der Waals surface area contributed by atoms with Crippen LogP contribution >= 0.6 is 0 Å². The maximum absolute atomic E-state index is 8.99. The molecular formula is C24H30BO3. The molecule has 0 aliphatic carbocycles. The second kappa shape index (κ2) is 11.8. The van der Waals surface area contributed by atoms with Crippen molar-refractivity contribution in [2.45, 2.75) is 41.5 Å². The summed E-state index contributed by atoms with van der Waals surface area (Å²) in [7, 11) is 0. The van der Waals surface area contributed by atoms with Crippen LogP contribution in [-0.4, -0.2) is 23.7 Å². The van der Waals surface area contributed by atoms with Gasteiger partial charge in [-0.3, -0.25) is 0 Å². The summed E-state index contributed by atoms with van der Waals surface area (Å²) >= 11 is 0. The Morgan fingerprint density at radius 2 is 0.500 bits per heavy atom. The molecule has 0 unspecified atom stereocenters. The van der Waals surface area contributed by atoms with Gasteiger partial charge < -0.3 is 15.3 Å². The lowest BCUT2D eigenvalue weighted by Crippen LogP contribution is -1.74. The highest BCUT2D eigenvalue weighted by Crippen LogP contribution is 2.14. The summed E-state index contributed by atoms with van der Waals surface area (Å²) in [4.78, 5) is 0. The van der Waals surface area contributed by atoms with Crippen LogP contribution in [0.5, 0.6) is 17.2 Å². The van der Waals surface area contributed by atoms with E-state index in [0.717, 1.165) is 33.4 Å². The Bertz CT molecular complexity index is 620. The molecule has 3 N–H and O–H groups in total. The first-order valence-corrected chi connectivity index (χ1v) is 8.87. The van der Waals surface area contributed by atoms with Gasteiger partial charge in [0.25, 0.3) is 0 Å². The zero-order valence-corrected chi connectivity index (χ0v) is 17.6. The number of phenolic OH excluding ortho intramolecular Hbond substituents is 3. The number of aryl methyl sites for hydroxylation is 6. The first-order chi connectivity index (χ1) is 12.5. The van der Waals surface area contributed by atoms with E-state index in [2.05, 4.69) is 0 Å². The van der Waals surface area contributed by atoms with Crippen molar-refractivity contribution in [3.63, 3.8) is 0 Å². The van der Waals surface area contributed by atoms with Gasteiger partial charge in [0.1, 0.15) is 17.2 Å². The van der Waals surface area contributed by atoms with Crippen LogP contribution in [0.15, 0.2) is 54.6 Å². The van der Waals surface area contributed by atoms with E-state index in [-0.39, 0.29) is 8.41 Å². The molecule has 0 saturated carbocycles. The van der Waals surface area contributed by atoms with Gasteiger partial charge in [-0.2, -0.15) is 0 Å². The zero-order chi connectivity index (χ0) is 20.6. The summed E-state index contributed by atoms with van der Waals surface area (Å²) in [5.74, 6) is 1.06. The van der Waals surface area contributed by atoms with Crippen molar-refractivity contribution >= 4 is 8.41 Å². The second-order valence-electron chi connectivity index (χ2n) is 7.04. The van der Waals surface area contributed by atoms with E-state index in [9.17, 15) is 0 Å². The Kier molecular flexibility index (Phi) is 10.6. The van der Waals surface area contributed by atoms with Gasteiger partial charge in [-0.15, -0.1) is 0 Å². The number of rotatable bonds is 0. The van der Waals surface area contributed by atoms with Crippen LogP contribution in [0.3, 0.4) is 0 Å². The molecule has 0 heterocycles. The molecule has 0 aromatic heterocycles. The minimum Gasteiger partial charge on any atom is -0.508 e. The normalized spacial score (nSPS) is 9.21. The predicted octanol–water partition coefficient (Wildman–Crippen LogP) is 5.65. The van der Waals surface area contributed by atoms with Crippen molar-refractivity contribution in [1.82, 2.24) is 0 Å². The fourth-order valence-electron chi connectivity index (χ4n) is 2.85. The van der Waals surface area contributed by atoms with Crippen LogP contribution in [-0.2, 0) is 0 Å². The largest absolute Gasteiger partial charge is 0.508 e. The average molecular weight is 377 g/mol. The molecule has 0 fully saturated rings. The van der Waals surface area contributed by atoms with Crippen LogP contribution in [0.2, 0.25) is 0 Å². The van der Waals surface area contributed by atoms with Gasteiger partial charge in [-0.05, 0) is 111 Å². The third-order valence-electron chi connectivity index (χ3n) is 3.62. The van der Waals surface area contributed by atoms with Crippen molar-refractivity contribution in [1.29, 1.82) is 0 Å². The van der Waals surface area contributed by atoms with Gasteiger partial charge in [0.05, 0.1) is 0 Å². The maximum atomic E-state index is 8.99. The molecule has 3 aromatic carbocycles. The molecule has 0 atom stereocenters. The Hall–Kier alpha value is -2.88. The van der Waals surface area contributed by atoms with Gasteiger partial charge in [-0.25, -0.2) is 0 Å². The number of benzene rings is 3. The van der Waals surface area contributed by atoms with Gasteiger partial charge >= 0.3 is 0 Å². The quantitative estimate of drug-likeness (QED) is 0.444. The fourth-order valence-corrected chi connectivity index (χ4v) is 2.85. The van der Waals surface area contributed by atoms with Gasteiger partial charge in [-0.1, -0.05) is 18.2 Å². The summed E-state index contributed by atoms with van der Waals surface area (Å²) in [6.07, 6.45) is 0. The third-order valence-corrected chi connectivity index (χ3v) is 3.62. The molecular weight excluding hydrogens is 347 g/mol. The van der Waals surface area contributed by atoms with Gasteiger partial charge in [0.15, 0.2) is 0 Å². The van der Waals surface area contributed by atoms with Crippen molar-refractivity contribution in [3.05, 3.63) is 88.0 Å². The summed E-state index contributed by atoms with van der Waals surface area (Å²) in [5.41, 5.74) is 6.63. The van der Waals surface area contributed by atoms with E-state index in [1.54, 1.807) is 36.4 Å². The SMILES string of the molecule is Cc1cc(C)cc(O)c1.Cc1cc(C)cc(O)c1.Cc1cc(C)cc(O)c1.[B]. The Labute approximate surface area is 170 Å². The fraction of sp³-hybridized carbons (Fsp3) is 0.250. The molecule has 0 aliphatic rings. The van der Waals surface area contributed by atoms with E-state index in [0.29, 0.717) is 17.2 Å². The van der Waals surface area contributed by atoms with Crippen molar-refractivity contribution in [2.75, 3.05) is 0 Å². The first kappa shape index (κ1) is 25.1. The molecule has 0 amide bonds. The van der Waals surface area contributed by atoms with Crippen molar-refractivity contribution in [2.24, 2.45) is 0 Å². The Morgan fingerprint density at radius 1 is 0.357 bits per heavy atom. The topological polar surface area (TPSA) is 60.7 Å². The molecule has 0 aliphatic heterocycles. The molecule has 0 spiro atoms. The molecule has 3 aromatic rings. The van der Waals surface area contributed by atoms with Crippen LogP contribution in [0.1, 0.15) is 33.4 Å². The zero-order valence-electron chi connectivity index (χ0n) is 17.6. The minimum atomic E-state index is 0. The monoisotopic (exact) mass is 377 g/mol. The van der Waals surface area contributed by atoms with E-state index in [1.165, 1.54) is 0 Å². The smallest absolute Gasteiger partial charge is 0.116 e. The Morgan fingerprint density at radius 3 is 0.607 bits per heavy atom. The van der Waals surface area contributed by atoms with Gasteiger partial charge in [0, 0.05) is 8.41 Å². The maximum Gasteiger partial charge on any atom is 0.116 e. The average Bonchev–Trinajstić information content (AvgIpc) is 2.43. The molecule has 3 rings (SSSR count). The van der Waals surface area contributed by atoms with Crippen molar-refractivity contribution < 1.29 is 15.3 Å². The first-order valence-electron chi connectivity index (χ1n) is 8.87. The minimum absolute atomic E-state index is 0. The summed E-state index contributed by atoms with van der Waals surface area (Å²) in [6.45, 7) is 11.8. The molecule has 4 heteroatoms. The Balaban J connectivity index is 0.000000384. The van der Waals surface area contributed by atoms with Gasteiger partial charge in [0.2, 0.25) is 0 Å². The third kappa shape index (κ3) is 10.3. The number of hydrogen-bond donors (Lipinski definition) is 3. The van der Waals surface area contributed by atoms with Crippen LogP contribution in [0.25, 0.3) is 0 Å². The molecule has 0 saturated heterocycles. The standard InChI is InChI=1S/3C8H10O.B/c3*1-6-3-7(2)5-8(9)4-6;/h3*3-5,9H,1-2H3;. The highest BCUT2D eigenvalue weighted by Gasteiger charge is 1.91. The van der Waals surface area contributed by atoms with E-state index >= 15 is 0 Å². The lowest BCUT2D eigenvalue weighted by atomic mass is 10.1. The highest BCUT2D eigenvalue weighted by molar-refractivity contribution is 5.75. The van der Waals surface area contributed by atoms with E-state index < -0.39 is 0 Å². The van der Waals surface area contributed by atoms with E-state index in [1.807, 2.05) is 59.7 Å². The van der Waals surface area contributed by atoms with Crippen LogP contribution < -0.4 is 0 Å². The van der Waals surface area contributed by atoms with E-state index in [4.69, 9.17) is 15.3 Å². The molecule has 3 nitrogen and oxygen atoms in total. The van der Waals surface area contributed by atoms with Crippen molar-refractivity contribution in [3.8, 4) is 17.2 Å². The van der Waals surface area contributed by atoms with Crippen LogP contribution in [0, 0.1) is 41.5 Å². The number of aromatic hydroxyl groups is 3. The lowest BCUT2D eigenvalue weighted by molar-refractivity contribution is 0.474. The molecule has 0 bridgehead atoms. The predicted molar refractivity (Wildman–Crippen MR) is 118 cm³/mol. The lowest BCUT2D eigenvalue weighted by Gasteiger charge is -1.95. The van der Waals surface area contributed by atoms with Crippen LogP contribution in [0.4, 0.5) is 0 Å². The number of phenols is 3. The molecule has 3 radical (unpaired) electrons. The number of hydrogen-bond acceptors (Lipinski definition) is 3. The molecule has 147 valence electrons. The molecule has 28 heavy (non-hydrogen) atoms. The highest BCUT2D eigenvalue weighted by atomic mass is 16.3.